The van der Waals surface area contributed by atoms with E-state index in [2.05, 4.69) is 5.32 Å². The van der Waals surface area contributed by atoms with Crippen molar-refractivity contribution in [1.82, 2.24) is 0 Å². The van der Waals surface area contributed by atoms with Gasteiger partial charge in [-0.3, -0.25) is 4.79 Å². The summed E-state index contributed by atoms with van der Waals surface area (Å²) in [5.41, 5.74) is 1.67. The summed E-state index contributed by atoms with van der Waals surface area (Å²) in [6, 6.07) is 6.41. The zero-order chi connectivity index (χ0) is 16.4. The largest absolute Gasteiger partial charge is 0.495 e. The lowest BCUT2D eigenvalue weighted by molar-refractivity contribution is -0.115. The van der Waals surface area contributed by atoms with Crippen molar-refractivity contribution < 1.29 is 19.4 Å². The van der Waals surface area contributed by atoms with Crippen molar-refractivity contribution in [3.63, 3.8) is 0 Å². The number of hydrogen-bond donors (Lipinski definition) is 2. The van der Waals surface area contributed by atoms with E-state index in [4.69, 9.17) is 9.84 Å². The Morgan fingerprint density at radius 1 is 1.35 bits per heavy atom. The first-order valence-electron chi connectivity index (χ1n) is 7.00. The summed E-state index contributed by atoms with van der Waals surface area (Å²) < 4.78 is 5.20. The van der Waals surface area contributed by atoms with E-state index in [0.29, 0.717) is 11.4 Å². The van der Waals surface area contributed by atoms with Crippen LogP contribution in [0.1, 0.15) is 26.0 Å². The maximum atomic E-state index is 12.6. The van der Waals surface area contributed by atoms with Gasteiger partial charge in [0.25, 0.3) is 0 Å². The van der Waals surface area contributed by atoms with Gasteiger partial charge in [-0.2, -0.15) is 0 Å². The van der Waals surface area contributed by atoms with Crippen LogP contribution >= 0.6 is 23.1 Å². The molecular weight excluding hydrogens is 334 g/mol. The molecule has 0 aliphatic carbocycles. The normalized spacial score (nSPS) is 16.5. The van der Waals surface area contributed by atoms with Crippen molar-refractivity contribution in [2.45, 2.75) is 11.7 Å². The minimum Gasteiger partial charge on any atom is -0.495 e. The Morgan fingerprint density at radius 2 is 2.17 bits per heavy atom. The number of aromatic carboxylic acids is 1. The highest BCUT2D eigenvalue weighted by molar-refractivity contribution is 8.00. The van der Waals surface area contributed by atoms with Gasteiger partial charge in [0.05, 0.1) is 18.4 Å². The smallest absolute Gasteiger partial charge is 0.335 e. The standard InChI is InChI=1S/C16H15NO4S2/c1-21-12-8-9(16(19)20)2-3-11(12)17-15(18)14-10-4-6-22-13(10)5-7-23-14/h2-4,6,8,14H,5,7H2,1H3,(H,17,18)(H,19,20). The van der Waals surface area contributed by atoms with Gasteiger partial charge in [-0.15, -0.1) is 23.1 Å². The quantitative estimate of drug-likeness (QED) is 0.884. The third-order valence-electron chi connectivity index (χ3n) is 3.62. The Balaban J connectivity index is 1.83. The number of aryl methyl sites for hydroxylation is 1. The van der Waals surface area contributed by atoms with E-state index in [1.54, 1.807) is 29.2 Å². The number of rotatable bonds is 4. The van der Waals surface area contributed by atoms with Crippen molar-refractivity contribution in [2.75, 3.05) is 18.2 Å². The first-order valence-corrected chi connectivity index (χ1v) is 8.93. The molecule has 1 unspecified atom stereocenters. The number of amides is 1. The van der Waals surface area contributed by atoms with Crippen LogP contribution in [0, 0.1) is 0 Å². The molecule has 120 valence electrons. The topological polar surface area (TPSA) is 75.6 Å². The minimum atomic E-state index is -1.04. The third-order valence-corrected chi connectivity index (χ3v) is 5.86. The van der Waals surface area contributed by atoms with Gasteiger partial charge in [0.2, 0.25) is 5.91 Å². The Labute approximate surface area is 141 Å². The van der Waals surface area contributed by atoms with Crippen molar-refractivity contribution in [3.8, 4) is 5.75 Å². The first kappa shape index (κ1) is 15.9. The second-order valence-corrected chi connectivity index (χ2v) is 7.22. The number of benzene rings is 1. The monoisotopic (exact) mass is 349 g/mol. The molecule has 0 radical (unpaired) electrons. The van der Waals surface area contributed by atoms with Gasteiger partial charge in [0.1, 0.15) is 11.0 Å². The molecule has 0 spiro atoms. The van der Waals surface area contributed by atoms with Crippen LogP contribution < -0.4 is 10.1 Å². The lowest BCUT2D eigenvalue weighted by atomic mass is 10.1. The number of carboxylic acids is 1. The highest BCUT2D eigenvalue weighted by Crippen LogP contribution is 2.40. The lowest BCUT2D eigenvalue weighted by Crippen LogP contribution is -2.22. The van der Waals surface area contributed by atoms with Gasteiger partial charge in [-0.1, -0.05) is 0 Å². The molecule has 1 aliphatic rings. The average molecular weight is 349 g/mol. The zero-order valence-corrected chi connectivity index (χ0v) is 14.0. The van der Waals surface area contributed by atoms with Gasteiger partial charge in [0.15, 0.2) is 0 Å². The lowest BCUT2D eigenvalue weighted by Gasteiger charge is -2.22. The van der Waals surface area contributed by atoms with Crippen LogP contribution in [-0.4, -0.2) is 29.8 Å². The van der Waals surface area contributed by atoms with E-state index < -0.39 is 5.97 Å². The third kappa shape index (κ3) is 3.20. The molecular formula is C16H15NO4S2. The number of nitrogens with one attached hydrogen (secondary N) is 1. The molecule has 23 heavy (non-hydrogen) atoms. The molecule has 1 aromatic carbocycles. The van der Waals surface area contributed by atoms with Crippen LogP contribution in [0.15, 0.2) is 29.6 Å². The van der Waals surface area contributed by atoms with E-state index in [1.165, 1.54) is 24.1 Å². The van der Waals surface area contributed by atoms with Crippen LogP contribution in [0.4, 0.5) is 5.69 Å². The number of fused-ring (bicyclic) bond motifs is 1. The molecule has 2 N–H and O–H groups in total. The molecule has 2 heterocycles. The fourth-order valence-electron chi connectivity index (χ4n) is 2.49. The average Bonchev–Trinajstić information content (AvgIpc) is 3.03. The summed E-state index contributed by atoms with van der Waals surface area (Å²) in [6.45, 7) is 0. The second kappa shape index (κ2) is 6.64. The van der Waals surface area contributed by atoms with Gasteiger partial charge >= 0.3 is 5.97 Å². The number of thioether (sulfide) groups is 1. The van der Waals surface area contributed by atoms with Crippen LogP contribution in [-0.2, 0) is 11.2 Å². The van der Waals surface area contributed by atoms with Crippen molar-refractivity contribution in [1.29, 1.82) is 0 Å². The number of carbonyl (C=O) groups excluding carboxylic acids is 1. The first-order chi connectivity index (χ1) is 11.1. The van der Waals surface area contributed by atoms with E-state index in [9.17, 15) is 9.59 Å². The Morgan fingerprint density at radius 3 is 2.91 bits per heavy atom. The molecule has 1 amide bonds. The molecule has 1 atom stereocenters. The van der Waals surface area contributed by atoms with Crippen molar-refractivity contribution in [2.24, 2.45) is 0 Å². The van der Waals surface area contributed by atoms with E-state index in [1.807, 2.05) is 11.4 Å². The second-order valence-electron chi connectivity index (χ2n) is 5.01. The predicted molar refractivity (Wildman–Crippen MR) is 91.8 cm³/mol. The SMILES string of the molecule is COc1cc(C(=O)O)ccc1NC(=O)C1SCCc2sccc21. The summed E-state index contributed by atoms with van der Waals surface area (Å²) >= 11 is 3.30. The number of methoxy groups -OCH3 is 1. The highest BCUT2D eigenvalue weighted by atomic mass is 32.2. The molecule has 3 rings (SSSR count). The summed E-state index contributed by atoms with van der Waals surface area (Å²) in [5.74, 6) is 0.105. The number of thiophene rings is 1. The summed E-state index contributed by atoms with van der Waals surface area (Å²) in [6.07, 6.45) is 0.998. The maximum absolute atomic E-state index is 12.6. The fourth-order valence-corrected chi connectivity index (χ4v) is 4.78. The van der Waals surface area contributed by atoms with Gasteiger partial charge in [-0.05, 0) is 47.4 Å². The van der Waals surface area contributed by atoms with E-state index in [0.717, 1.165) is 17.7 Å². The molecule has 0 fully saturated rings. The zero-order valence-electron chi connectivity index (χ0n) is 12.4. The Kier molecular flexibility index (Phi) is 4.58. The van der Waals surface area contributed by atoms with Crippen LogP contribution in [0.25, 0.3) is 0 Å². The number of carboxylic acid groups (broad SMARTS) is 1. The highest BCUT2D eigenvalue weighted by Gasteiger charge is 2.28. The van der Waals surface area contributed by atoms with Crippen LogP contribution in [0.5, 0.6) is 5.75 Å². The van der Waals surface area contributed by atoms with E-state index in [-0.39, 0.29) is 16.7 Å². The number of ether oxygens (including phenoxy) is 1. The number of hydrogen-bond acceptors (Lipinski definition) is 5. The molecule has 7 heteroatoms. The predicted octanol–water partition coefficient (Wildman–Crippen LogP) is 3.42. The van der Waals surface area contributed by atoms with Crippen LogP contribution in [0.2, 0.25) is 0 Å². The van der Waals surface area contributed by atoms with Gasteiger partial charge in [0, 0.05) is 4.88 Å². The molecule has 0 bridgehead atoms. The molecule has 2 aromatic rings. The Hall–Kier alpha value is -1.99. The van der Waals surface area contributed by atoms with Crippen molar-refractivity contribution >= 4 is 40.7 Å². The fraction of sp³-hybridized carbons (Fsp3) is 0.250. The van der Waals surface area contributed by atoms with E-state index >= 15 is 0 Å². The molecule has 0 saturated carbocycles. The molecule has 1 aliphatic heterocycles. The summed E-state index contributed by atoms with van der Waals surface area (Å²) in [5, 5.41) is 13.6. The maximum Gasteiger partial charge on any atom is 0.335 e. The number of carbonyl (C=O) groups is 2. The molecule has 0 saturated heterocycles. The number of anilines is 1. The minimum absolute atomic E-state index is 0.115. The molecule has 5 nitrogen and oxygen atoms in total. The van der Waals surface area contributed by atoms with Crippen LogP contribution in [0.3, 0.4) is 0 Å². The van der Waals surface area contributed by atoms with Gasteiger partial charge < -0.3 is 15.2 Å². The Bertz CT molecular complexity index is 756. The van der Waals surface area contributed by atoms with Crippen molar-refractivity contribution in [3.05, 3.63) is 45.6 Å². The van der Waals surface area contributed by atoms with Gasteiger partial charge in [-0.25, -0.2) is 4.79 Å². The summed E-state index contributed by atoms with van der Waals surface area (Å²) in [4.78, 5) is 24.9. The summed E-state index contributed by atoms with van der Waals surface area (Å²) in [7, 11) is 1.45. The molecule has 1 aromatic heterocycles.